The molecule has 0 aromatic heterocycles. The monoisotopic (exact) mass is 343 g/mol. The van der Waals surface area contributed by atoms with Crippen LogP contribution in [0, 0.1) is 6.92 Å². The molecule has 126 valence electrons. The average molecular weight is 343 g/mol. The van der Waals surface area contributed by atoms with Gasteiger partial charge in [0.2, 0.25) is 5.91 Å². The first-order chi connectivity index (χ1) is 11.6. The smallest absolute Gasteiger partial charge is 0.318 e. The first kappa shape index (κ1) is 17.9. The molecule has 0 atom stereocenters. The molecule has 2 aromatic carbocycles. The molecule has 0 aliphatic rings. The van der Waals surface area contributed by atoms with Crippen LogP contribution in [0.5, 0.6) is 0 Å². The number of nitrogens with one attached hydrogen (secondary N) is 3. The lowest BCUT2D eigenvalue weighted by atomic mass is 10.2. The number of thioether (sulfide) groups is 1. The van der Waals surface area contributed by atoms with E-state index < -0.39 is 0 Å². The Kier molecular flexibility index (Phi) is 6.69. The number of carbonyl (C=O) groups is 2. The van der Waals surface area contributed by atoms with Gasteiger partial charge in [-0.15, -0.1) is 11.8 Å². The molecule has 0 aliphatic heterocycles. The van der Waals surface area contributed by atoms with Crippen LogP contribution in [0.1, 0.15) is 11.1 Å². The summed E-state index contributed by atoms with van der Waals surface area (Å²) in [6, 6.07) is 15.0. The number of carbonyl (C=O) groups excluding carboxylic acids is 2. The van der Waals surface area contributed by atoms with Crippen molar-refractivity contribution in [2.24, 2.45) is 0 Å². The molecule has 0 bridgehead atoms. The molecule has 0 radical (unpaired) electrons. The van der Waals surface area contributed by atoms with Crippen molar-refractivity contribution in [2.45, 2.75) is 12.7 Å². The highest BCUT2D eigenvalue weighted by Gasteiger charge is 2.04. The first-order valence-electron chi connectivity index (χ1n) is 7.59. The van der Waals surface area contributed by atoms with E-state index in [4.69, 9.17) is 0 Å². The number of rotatable bonds is 6. The van der Waals surface area contributed by atoms with Crippen LogP contribution in [0.4, 0.5) is 16.2 Å². The minimum Gasteiger partial charge on any atom is -0.341 e. The molecule has 0 aliphatic carbocycles. The van der Waals surface area contributed by atoms with Crippen LogP contribution in [0.25, 0.3) is 0 Å². The molecule has 0 saturated heterocycles. The highest BCUT2D eigenvalue weighted by atomic mass is 32.2. The fourth-order valence-electron chi connectivity index (χ4n) is 1.97. The summed E-state index contributed by atoms with van der Waals surface area (Å²) in [4.78, 5) is 23.2. The van der Waals surface area contributed by atoms with E-state index >= 15 is 0 Å². The highest BCUT2D eigenvalue weighted by molar-refractivity contribution is 7.99. The van der Waals surface area contributed by atoms with Crippen LogP contribution < -0.4 is 16.0 Å². The average Bonchev–Trinajstić information content (AvgIpc) is 2.58. The zero-order valence-corrected chi connectivity index (χ0v) is 14.6. The normalized spacial score (nSPS) is 10.1. The number of amides is 3. The highest BCUT2D eigenvalue weighted by Crippen LogP contribution is 2.16. The van der Waals surface area contributed by atoms with Gasteiger partial charge in [0.15, 0.2) is 0 Å². The van der Waals surface area contributed by atoms with Crippen LogP contribution in [-0.2, 0) is 10.5 Å². The molecule has 0 heterocycles. The van der Waals surface area contributed by atoms with Gasteiger partial charge >= 0.3 is 6.03 Å². The van der Waals surface area contributed by atoms with Crippen molar-refractivity contribution >= 4 is 35.1 Å². The zero-order chi connectivity index (χ0) is 17.4. The molecule has 5 nitrogen and oxygen atoms in total. The Morgan fingerprint density at radius 2 is 1.50 bits per heavy atom. The SMILES string of the molecule is CNC(=O)Nc1ccc(NC(=O)CSCc2ccc(C)cc2)cc1. The lowest BCUT2D eigenvalue weighted by Gasteiger charge is -2.08. The zero-order valence-electron chi connectivity index (χ0n) is 13.8. The second kappa shape index (κ2) is 8.98. The molecule has 6 heteroatoms. The van der Waals surface area contributed by atoms with Gasteiger partial charge in [-0.1, -0.05) is 29.8 Å². The fraction of sp³-hybridized carbons (Fsp3) is 0.222. The van der Waals surface area contributed by atoms with Crippen molar-refractivity contribution in [3.63, 3.8) is 0 Å². The number of hydrogen-bond donors (Lipinski definition) is 3. The Bertz CT molecular complexity index is 684. The van der Waals surface area contributed by atoms with Crippen molar-refractivity contribution in [3.8, 4) is 0 Å². The maximum Gasteiger partial charge on any atom is 0.318 e. The Hall–Kier alpha value is -2.47. The summed E-state index contributed by atoms with van der Waals surface area (Å²) < 4.78 is 0. The maximum atomic E-state index is 12.0. The van der Waals surface area contributed by atoms with Crippen LogP contribution in [0.15, 0.2) is 48.5 Å². The summed E-state index contributed by atoms with van der Waals surface area (Å²) in [5.41, 5.74) is 3.82. The van der Waals surface area contributed by atoms with E-state index in [1.54, 1.807) is 43.1 Å². The molecular formula is C18H21N3O2S. The van der Waals surface area contributed by atoms with Gasteiger partial charge in [-0.2, -0.15) is 0 Å². The Morgan fingerprint density at radius 1 is 0.917 bits per heavy atom. The molecule has 0 saturated carbocycles. The number of aryl methyl sites for hydroxylation is 1. The van der Waals surface area contributed by atoms with Crippen LogP contribution in [0.3, 0.4) is 0 Å². The molecule has 3 amide bonds. The van der Waals surface area contributed by atoms with Gasteiger partial charge in [-0.3, -0.25) is 4.79 Å². The third-order valence-electron chi connectivity index (χ3n) is 3.28. The molecular weight excluding hydrogens is 322 g/mol. The second-order valence-corrected chi connectivity index (χ2v) is 6.29. The molecule has 24 heavy (non-hydrogen) atoms. The van der Waals surface area contributed by atoms with E-state index in [9.17, 15) is 9.59 Å². The molecule has 2 aromatic rings. The fourth-order valence-corrected chi connectivity index (χ4v) is 2.76. The Balaban J connectivity index is 1.75. The van der Waals surface area contributed by atoms with Gasteiger partial charge in [0, 0.05) is 24.2 Å². The predicted octanol–water partition coefficient (Wildman–Crippen LogP) is 3.62. The van der Waals surface area contributed by atoms with Gasteiger partial charge in [-0.25, -0.2) is 4.79 Å². The van der Waals surface area contributed by atoms with Gasteiger partial charge < -0.3 is 16.0 Å². The van der Waals surface area contributed by atoms with Gasteiger partial charge in [0.1, 0.15) is 0 Å². The number of urea groups is 1. The topological polar surface area (TPSA) is 70.2 Å². The standard InChI is InChI=1S/C18H21N3O2S/c1-13-3-5-14(6-4-13)11-24-12-17(22)20-15-7-9-16(10-8-15)21-18(23)19-2/h3-10H,11-12H2,1-2H3,(H,20,22)(H2,19,21,23). The molecule has 2 rings (SSSR count). The van der Waals surface area contributed by atoms with E-state index in [2.05, 4.69) is 47.1 Å². The van der Waals surface area contributed by atoms with Crippen molar-refractivity contribution in [1.82, 2.24) is 5.32 Å². The van der Waals surface area contributed by atoms with E-state index in [0.717, 1.165) is 5.75 Å². The molecule has 3 N–H and O–H groups in total. The van der Waals surface area contributed by atoms with Crippen LogP contribution >= 0.6 is 11.8 Å². The molecule has 0 fully saturated rings. The van der Waals surface area contributed by atoms with Crippen molar-refractivity contribution < 1.29 is 9.59 Å². The third kappa shape index (κ3) is 5.96. The Labute approximate surface area is 146 Å². The van der Waals surface area contributed by atoms with Gasteiger partial charge in [0.25, 0.3) is 0 Å². The minimum atomic E-state index is -0.278. The number of benzene rings is 2. The predicted molar refractivity (Wildman–Crippen MR) is 100 cm³/mol. The van der Waals surface area contributed by atoms with Gasteiger partial charge in [0.05, 0.1) is 5.75 Å². The third-order valence-corrected chi connectivity index (χ3v) is 4.28. The molecule has 0 spiro atoms. The van der Waals surface area contributed by atoms with E-state index in [0.29, 0.717) is 17.1 Å². The first-order valence-corrected chi connectivity index (χ1v) is 8.74. The van der Waals surface area contributed by atoms with E-state index in [-0.39, 0.29) is 11.9 Å². The van der Waals surface area contributed by atoms with E-state index in [1.807, 2.05) is 0 Å². The summed E-state index contributed by atoms with van der Waals surface area (Å²) in [6.07, 6.45) is 0. The van der Waals surface area contributed by atoms with Crippen molar-refractivity contribution in [1.29, 1.82) is 0 Å². The lowest BCUT2D eigenvalue weighted by Crippen LogP contribution is -2.24. The number of anilines is 2. The summed E-state index contributed by atoms with van der Waals surface area (Å²) in [5.74, 6) is 1.16. The van der Waals surface area contributed by atoms with Gasteiger partial charge in [-0.05, 0) is 36.8 Å². The van der Waals surface area contributed by atoms with Crippen molar-refractivity contribution in [2.75, 3.05) is 23.4 Å². The largest absolute Gasteiger partial charge is 0.341 e. The number of hydrogen-bond acceptors (Lipinski definition) is 3. The minimum absolute atomic E-state index is 0.0425. The lowest BCUT2D eigenvalue weighted by molar-refractivity contribution is -0.113. The maximum absolute atomic E-state index is 12.0. The van der Waals surface area contributed by atoms with Crippen molar-refractivity contribution in [3.05, 3.63) is 59.7 Å². The van der Waals surface area contributed by atoms with Crippen LogP contribution in [0.2, 0.25) is 0 Å². The van der Waals surface area contributed by atoms with E-state index in [1.165, 1.54) is 11.1 Å². The summed E-state index contributed by atoms with van der Waals surface area (Å²) in [6.45, 7) is 2.06. The van der Waals surface area contributed by atoms with Crippen LogP contribution in [-0.4, -0.2) is 24.7 Å². The second-order valence-electron chi connectivity index (χ2n) is 5.31. The summed E-state index contributed by atoms with van der Waals surface area (Å²) in [5, 5.41) is 7.98. The molecule has 0 unspecified atom stereocenters. The quantitative estimate of drug-likeness (QED) is 0.750. The summed E-state index contributed by atoms with van der Waals surface area (Å²) in [7, 11) is 1.55. The summed E-state index contributed by atoms with van der Waals surface area (Å²) >= 11 is 1.58. The Morgan fingerprint density at radius 3 is 2.08 bits per heavy atom.